The Hall–Kier alpha value is -1.31. The number of H-pyrrole nitrogens is 1. The lowest BCUT2D eigenvalue weighted by Crippen LogP contribution is -2.38. The number of aryl methyl sites for hydroxylation is 1. The summed E-state index contributed by atoms with van der Waals surface area (Å²) in [5.74, 6) is 2.34. The topological polar surface area (TPSA) is 66.9 Å². The summed E-state index contributed by atoms with van der Waals surface area (Å²) < 4.78 is 5.79. The van der Waals surface area contributed by atoms with E-state index >= 15 is 0 Å². The third-order valence-electron chi connectivity index (χ3n) is 3.93. The van der Waals surface area contributed by atoms with Crippen LogP contribution in [0.15, 0.2) is 5.38 Å². The summed E-state index contributed by atoms with van der Waals surface area (Å²) in [5.41, 5.74) is 1.19. The summed E-state index contributed by atoms with van der Waals surface area (Å²) in [5, 5.41) is 10.6. The Morgan fingerprint density at radius 3 is 3.10 bits per heavy atom. The first-order valence-corrected chi connectivity index (χ1v) is 8.33. The predicted molar refractivity (Wildman–Crippen MR) is 79.2 cm³/mol. The van der Waals surface area contributed by atoms with Crippen molar-refractivity contribution >= 4 is 11.3 Å². The summed E-state index contributed by atoms with van der Waals surface area (Å²) in [4.78, 5) is 11.5. The van der Waals surface area contributed by atoms with E-state index in [0.29, 0.717) is 0 Å². The summed E-state index contributed by atoms with van der Waals surface area (Å²) in [7, 11) is 0. The average Bonchev–Trinajstić information content (AvgIpc) is 3.09. The SMILES string of the molecule is Cc1nc([C@@H]2CN(Cc3csc(C4CC4)n3)CCO2)n[nH]1. The van der Waals surface area contributed by atoms with Crippen LogP contribution in [-0.2, 0) is 11.3 Å². The Kier molecular flexibility index (Phi) is 3.48. The molecule has 21 heavy (non-hydrogen) atoms. The Balaban J connectivity index is 1.40. The molecule has 0 spiro atoms. The van der Waals surface area contributed by atoms with Crippen molar-refractivity contribution in [3.63, 3.8) is 0 Å². The third-order valence-corrected chi connectivity index (χ3v) is 4.99. The number of aromatic nitrogens is 4. The first-order valence-electron chi connectivity index (χ1n) is 7.45. The second-order valence-electron chi connectivity index (χ2n) is 5.82. The monoisotopic (exact) mass is 305 g/mol. The van der Waals surface area contributed by atoms with Crippen LogP contribution in [0.25, 0.3) is 0 Å². The second kappa shape index (κ2) is 5.47. The molecule has 1 atom stereocenters. The molecule has 7 heteroatoms. The summed E-state index contributed by atoms with van der Waals surface area (Å²) in [6.45, 7) is 5.29. The van der Waals surface area contributed by atoms with Gasteiger partial charge in [0.05, 0.1) is 17.3 Å². The molecule has 1 aliphatic heterocycles. The maximum Gasteiger partial charge on any atom is 0.180 e. The Morgan fingerprint density at radius 1 is 1.43 bits per heavy atom. The minimum absolute atomic E-state index is 0.0368. The van der Waals surface area contributed by atoms with Gasteiger partial charge in [0, 0.05) is 30.9 Å². The van der Waals surface area contributed by atoms with Crippen LogP contribution in [0.4, 0.5) is 0 Å². The van der Waals surface area contributed by atoms with E-state index in [1.807, 2.05) is 18.3 Å². The van der Waals surface area contributed by atoms with E-state index in [4.69, 9.17) is 9.72 Å². The number of nitrogens with one attached hydrogen (secondary N) is 1. The fourth-order valence-corrected chi connectivity index (χ4v) is 3.63. The highest BCUT2D eigenvalue weighted by Gasteiger charge is 2.28. The molecule has 2 aromatic rings. The van der Waals surface area contributed by atoms with Crippen molar-refractivity contribution in [2.24, 2.45) is 0 Å². The van der Waals surface area contributed by atoms with Crippen molar-refractivity contribution in [3.8, 4) is 0 Å². The van der Waals surface area contributed by atoms with E-state index in [9.17, 15) is 0 Å². The van der Waals surface area contributed by atoms with Gasteiger partial charge in [-0.05, 0) is 19.8 Å². The molecule has 4 rings (SSSR count). The van der Waals surface area contributed by atoms with E-state index in [1.54, 1.807) is 0 Å². The number of nitrogens with zero attached hydrogens (tertiary/aromatic N) is 4. The molecule has 2 fully saturated rings. The van der Waals surface area contributed by atoms with Crippen molar-refractivity contribution in [1.29, 1.82) is 0 Å². The van der Waals surface area contributed by atoms with E-state index < -0.39 is 0 Å². The summed E-state index contributed by atoms with van der Waals surface area (Å²) in [6, 6.07) is 0. The molecule has 1 aliphatic carbocycles. The Bertz CT molecular complexity index is 620. The van der Waals surface area contributed by atoms with Crippen LogP contribution in [0.3, 0.4) is 0 Å². The largest absolute Gasteiger partial charge is 0.367 e. The van der Waals surface area contributed by atoms with Crippen LogP contribution in [-0.4, -0.2) is 44.8 Å². The van der Waals surface area contributed by atoms with E-state index in [-0.39, 0.29) is 6.10 Å². The third kappa shape index (κ3) is 3.00. The maximum absolute atomic E-state index is 5.79. The van der Waals surface area contributed by atoms with Crippen LogP contribution in [0.2, 0.25) is 0 Å². The van der Waals surface area contributed by atoms with Gasteiger partial charge in [0.1, 0.15) is 11.9 Å². The minimum atomic E-state index is -0.0368. The number of ether oxygens (including phenoxy) is 1. The van der Waals surface area contributed by atoms with Gasteiger partial charge in [-0.2, -0.15) is 5.10 Å². The molecule has 2 aliphatic rings. The zero-order valence-corrected chi connectivity index (χ0v) is 12.9. The number of morpholine rings is 1. The fraction of sp³-hybridized carbons (Fsp3) is 0.643. The van der Waals surface area contributed by atoms with Crippen molar-refractivity contribution in [2.75, 3.05) is 19.7 Å². The van der Waals surface area contributed by atoms with Crippen molar-refractivity contribution in [3.05, 3.63) is 27.7 Å². The van der Waals surface area contributed by atoms with Crippen LogP contribution >= 0.6 is 11.3 Å². The molecule has 3 heterocycles. The lowest BCUT2D eigenvalue weighted by Gasteiger charge is -2.30. The van der Waals surface area contributed by atoms with E-state index in [2.05, 4.69) is 25.5 Å². The summed E-state index contributed by atoms with van der Waals surface area (Å²) in [6.07, 6.45) is 2.60. The second-order valence-corrected chi connectivity index (χ2v) is 6.71. The smallest absolute Gasteiger partial charge is 0.180 e. The van der Waals surface area contributed by atoms with Gasteiger partial charge in [0.15, 0.2) is 5.82 Å². The highest BCUT2D eigenvalue weighted by molar-refractivity contribution is 7.09. The molecule has 0 amide bonds. The average molecular weight is 305 g/mol. The standard InChI is InChI=1S/C14H19N5OS/c1-9-15-13(18-17-9)12-7-19(4-5-20-12)6-11-8-21-14(16-11)10-2-3-10/h8,10,12H,2-7H2,1H3,(H,15,17,18)/t12-/m0/s1. The fourth-order valence-electron chi connectivity index (χ4n) is 2.65. The minimum Gasteiger partial charge on any atom is -0.367 e. The molecular formula is C14H19N5OS. The molecule has 0 aromatic carbocycles. The number of hydrogen-bond donors (Lipinski definition) is 1. The maximum atomic E-state index is 5.79. The van der Waals surface area contributed by atoms with Gasteiger partial charge in [0.2, 0.25) is 0 Å². The van der Waals surface area contributed by atoms with E-state index in [1.165, 1.54) is 23.5 Å². The van der Waals surface area contributed by atoms with Gasteiger partial charge in [0.25, 0.3) is 0 Å². The van der Waals surface area contributed by atoms with Crippen molar-refractivity contribution in [1.82, 2.24) is 25.1 Å². The highest BCUT2D eigenvalue weighted by Crippen LogP contribution is 2.41. The van der Waals surface area contributed by atoms with Crippen LogP contribution in [0.5, 0.6) is 0 Å². The Morgan fingerprint density at radius 2 is 2.33 bits per heavy atom. The molecule has 1 saturated heterocycles. The molecule has 1 saturated carbocycles. The van der Waals surface area contributed by atoms with Crippen molar-refractivity contribution < 1.29 is 4.74 Å². The highest BCUT2D eigenvalue weighted by atomic mass is 32.1. The zero-order chi connectivity index (χ0) is 14.2. The lowest BCUT2D eigenvalue weighted by molar-refractivity contribution is -0.0373. The number of aromatic amines is 1. The van der Waals surface area contributed by atoms with Crippen molar-refractivity contribution in [2.45, 2.75) is 38.3 Å². The quantitative estimate of drug-likeness (QED) is 0.936. The lowest BCUT2D eigenvalue weighted by atomic mass is 10.2. The van der Waals surface area contributed by atoms with Gasteiger partial charge in [-0.25, -0.2) is 9.97 Å². The molecular weight excluding hydrogens is 286 g/mol. The first-order chi connectivity index (χ1) is 10.3. The van der Waals surface area contributed by atoms with Crippen LogP contribution < -0.4 is 0 Å². The molecule has 0 radical (unpaired) electrons. The molecule has 6 nitrogen and oxygen atoms in total. The molecule has 0 bridgehead atoms. The van der Waals surface area contributed by atoms with Crippen LogP contribution in [0, 0.1) is 6.92 Å². The Labute approximate surface area is 127 Å². The van der Waals surface area contributed by atoms with Gasteiger partial charge in [-0.1, -0.05) is 0 Å². The van der Waals surface area contributed by atoms with E-state index in [0.717, 1.165) is 43.8 Å². The number of hydrogen-bond acceptors (Lipinski definition) is 6. The molecule has 112 valence electrons. The first kappa shape index (κ1) is 13.4. The van der Waals surface area contributed by atoms with Gasteiger partial charge in [-0.3, -0.25) is 10.00 Å². The zero-order valence-electron chi connectivity index (χ0n) is 12.1. The van der Waals surface area contributed by atoms with Gasteiger partial charge < -0.3 is 4.74 Å². The molecule has 1 N–H and O–H groups in total. The number of rotatable bonds is 4. The summed E-state index contributed by atoms with van der Waals surface area (Å²) >= 11 is 1.81. The molecule has 2 aromatic heterocycles. The van der Waals surface area contributed by atoms with Gasteiger partial charge >= 0.3 is 0 Å². The normalized spacial score (nSPS) is 23.6. The van der Waals surface area contributed by atoms with Gasteiger partial charge in [-0.15, -0.1) is 11.3 Å². The predicted octanol–water partition coefficient (Wildman–Crippen LogP) is 2.02. The van der Waals surface area contributed by atoms with Crippen LogP contribution in [0.1, 0.15) is 47.2 Å². The molecule has 0 unspecified atom stereocenters. The number of thiazole rings is 1.